The van der Waals surface area contributed by atoms with Crippen LogP contribution in [0.1, 0.15) is 33.3 Å². The Labute approximate surface area is 126 Å². The van der Waals surface area contributed by atoms with Crippen molar-refractivity contribution in [2.24, 2.45) is 0 Å². The second kappa shape index (κ2) is 5.16. The number of halogens is 1. The van der Waals surface area contributed by atoms with E-state index in [4.69, 9.17) is 4.74 Å². The van der Waals surface area contributed by atoms with Crippen molar-refractivity contribution in [1.29, 1.82) is 0 Å². The Morgan fingerprint density at radius 3 is 2.71 bits per heavy atom. The van der Waals surface area contributed by atoms with Crippen molar-refractivity contribution in [3.63, 3.8) is 0 Å². The summed E-state index contributed by atoms with van der Waals surface area (Å²) in [6, 6.07) is 3.85. The molecule has 0 bridgehead atoms. The van der Waals surface area contributed by atoms with Crippen molar-refractivity contribution in [1.82, 2.24) is 4.90 Å². The van der Waals surface area contributed by atoms with E-state index in [1.807, 2.05) is 13.0 Å². The minimum Gasteiger partial charge on any atom is -0.489 e. The second-order valence-electron chi connectivity index (χ2n) is 7.04. The van der Waals surface area contributed by atoms with Crippen LogP contribution in [0.25, 0.3) is 0 Å². The highest BCUT2D eigenvalue weighted by Gasteiger charge is 2.36. The summed E-state index contributed by atoms with van der Waals surface area (Å²) in [6.45, 7) is 12.3. The first kappa shape index (κ1) is 14.6. The lowest BCUT2D eigenvalue weighted by molar-refractivity contribution is 0.0889. The van der Waals surface area contributed by atoms with Gasteiger partial charge in [-0.1, -0.05) is 6.92 Å². The summed E-state index contributed by atoms with van der Waals surface area (Å²) >= 11 is 0. The molecule has 1 atom stereocenters. The Morgan fingerprint density at radius 2 is 2.05 bits per heavy atom. The third kappa shape index (κ3) is 2.61. The molecule has 2 aliphatic heterocycles. The first-order valence-electron chi connectivity index (χ1n) is 7.87. The minimum absolute atomic E-state index is 0.112. The van der Waals surface area contributed by atoms with Crippen LogP contribution in [0.5, 0.6) is 5.75 Å². The van der Waals surface area contributed by atoms with Gasteiger partial charge in [-0.15, -0.1) is 0 Å². The fraction of sp³-hybridized carbons (Fsp3) is 0.647. The van der Waals surface area contributed by atoms with Crippen LogP contribution in [-0.2, 0) is 6.42 Å². The fourth-order valence-electron chi connectivity index (χ4n) is 3.31. The first-order chi connectivity index (χ1) is 9.90. The molecule has 0 unspecified atom stereocenters. The second-order valence-corrected chi connectivity index (χ2v) is 7.04. The minimum atomic E-state index is -0.112. The lowest BCUT2D eigenvalue weighted by Gasteiger charge is -2.49. The van der Waals surface area contributed by atoms with Crippen LogP contribution in [0, 0.1) is 5.82 Å². The number of ether oxygens (including phenoxy) is 1. The number of hydrogen-bond acceptors (Lipinski definition) is 3. The van der Waals surface area contributed by atoms with Gasteiger partial charge in [-0.25, -0.2) is 4.39 Å². The number of anilines is 1. The van der Waals surface area contributed by atoms with Crippen molar-refractivity contribution < 1.29 is 9.13 Å². The molecule has 3 nitrogen and oxygen atoms in total. The van der Waals surface area contributed by atoms with Crippen molar-refractivity contribution >= 4 is 5.69 Å². The van der Waals surface area contributed by atoms with E-state index in [-0.39, 0.29) is 11.4 Å². The molecular weight excluding hydrogens is 267 g/mol. The molecule has 0 aliphatic carbocycles. The number of fused-ring (bicyclic) bond motifs is 3. The zero-order chi connectivity index (χ0) is 15.2. The number of aryl methyl sites for hydroxylation is 1. The number of benzene rings is 1. The standard InChI is InChI=1S/C17H25FN2O/c1-5-12-8-16-15(9-14(12)18)20-7-6-19(17(2,3)4)10-13(20)11-21-16/h8-9,13H,5-7,10-11H2,1-4H3/t13-/m0/s1. The van der Waals surface area contributed by atoms with Crippen molar-refractivity contribution in [3.8, 4) is 5.75 Å². The van der Waals surface area contributed by atoms with E-state index in [1.54, 1.807) is 6.07 Å². The molecule has 3 rings (SSSR count). The Hall–Kier alpha value is -1.29. The van der Waals surface area contributed by atoms with Crippen LogP contribution in [-0.4, -0.2) is 42.7 Å². The van der Waals surface area contributed by atoms with E-state index in [9.17, 15) is 4.39 Å². The Bertz CT molecular complexity index is 538. The van der Waals surface area contributed by atoms with Gasteiger partial charge in [0.1, 0.15) is 18.2 Å². The van der Waals surface area contributed by atoms with Crippen molar-refractivity contribution in [2.75, 3.05) is 31.1 Å². The number of piperazine rings is 1. The molecule has 1 aromatic rings. The molecule has 2 aliphatic rings. The summed E-state index contributed by atoms with van der Waals surface area (Å²) in [5.74, 6) is 0.729. The average Bonchev–Trinajstić information content (AvgIpc) is 2.45. The van der Waals surface area contributed by atoms with E-state index in [0.717, 1.165) is 36.6 Å². The van der Waals surface area contributed by atoms with Gasteiger partial charge in [0, 0.05) is 31.2 Å². The zero-order valence-electron chi connectivity index (χ0n) is 13.4. The molecule has 0 N–H and O–H groups in total. The lowest BCUT2D eigenvalue weighted by atomic mass is 10.00. The summed E-state index contributed by atoms with van der Waals surface area (Å²) in [5.41, 5.74) is 1.83. The van der Waals surface area contributed by atoms with E-state index >= 15 is 0 Å². The van der Waals surface area contributed by atoms with Crippen molar-refractivity contribution in [3.05, 3.63) is 23.5 Å². The van der Waals surface area contributed by atoms with Gasteiger partial charge in [-0.3, -0.25) is 4.90 Å². The lowest BCUT2D eigenvalue weighted by Crippen LogP contribution is -2.61. The predicted molar refractivity (Wildman–Crippen MR) is 83.7 cm³/mol. The normalized spacial score (nSPS) is 22.5. The molecule has 1 aromatic carbocycles. The van der Waals surface area contributed by atoms with Gasteiger partial charge in [0.05, 0.1) is 11.7 Å². The number of hydrogen-bond donors (Lipinski definition) is 0. The maximum absolute atomic E-state index is 14.1. The highest BCUT2D eigenvalue weighted by atomic mass is 19.1. The molecule has 116 valence electrons. The molecule has 0 saturated carbocycles. The topological polar surface area (TPSA) is 15.7 Å². The summed E-state index contributed by atoms with van der Waals surface area (Å²) in [7, 11) is 0. The molecule has 2 heterocycles. The highest BCUT2D eigenvalue weighted by Crippen LogP contribution is 2.38. The fourth-order valence-corrected chi connectivity index (χ4v) is 3.31. The molecule has 1 fully saturated rings. The summed E-state index contributed by atoms with van der Waals surface area (Å²) < 4.78 is 20.0. The van der Waals surface area contributed by atoms with Gasteiger partial charge in [0.25, 0.3) is 0 Å². The molecule has 0 radical (unpaired) electrons. The van der Waals surface area contributed by atoms with Crippen LogP contribution < -0.4 is 9.64 Å². The monoisotopic (exact) mass is 292 g/mol. The highest BCUT2D eigenvalue weighted by molar-refractivity contribution is 5.62. The summed E-state index contributed by atoms with van der Waals surface area (Å²) in [5, 5.41) is 0. The summed E-state index contributed by atoms with van der Waals surface area (Å²) in [4.78, 5) is 4.81. The maximum Gasteiger partial charge on any atom is 0.143 e. The summed E-state index contributed by atoms with van der Waals surface area (Å²) in [6.07, 6.45) is 0.698. The quantitative estimate of drug-likeness (QED) is 0.791. The van der Waals surface area contributed by atoms with Crippen molar-refractivity contribution in [2.45, 2.75) is 45.7 Å². The van der Waals surface area contributed by atoms with Crippen LogP contribution in [0.4, 0.5) is 10.1 Å². The van der Waals surface area contributed by atoms with Crippen LogP contribution in [0.2, 0.25) is 0 Å². The van der Waals surface area contributed by atoms with Gasteiger partial charge < -0.3 is 9.64 Å². The smallest absolute Gasteiger partial charge is 0.143 e. The van der Waals surface area contributed by atoms with Gasteiger partial charge in [-0.2, -0.15) is 0 Å². The third-order valence-corrected chi connectivity index (χ3v) is 4.68. The molecule has 0 spiro atoms. The van der Waals surface area contributed by atoms with E-state index in [0.29, 0.717) is 19.1 Å². The van der Waals surface area contributed by atoms with Crippen LogP contribution in [0.15, 0.2) is 12.1 Å². The van der Waals surface area contributed by atoms with Crippen LogP contribution in [0.3, 0.4) is 0 Å². The zero-order valence-corrected chi connectivity index (χ0v) is 13.4. The molecular formula is C17H25FN2O. The molecule has 1 saturated heterocycles. The van der Waals surface area contributed by atoms with Gasteiger partial charge in [-0.05, 0) is 38.8 Å². The predicted octanol–water partition coefficient (Wildman–Crippen LogP) is 3.07. The largest absolute Gasteiger partial charge is 0.489 e. The molecule has 0 amide bonds. The van der Waals surface area contributed by atoms with E-state index < -0.39 is 0 Å². The SMILES string of the molecule is CCc1cc2c(cc1F)N1CCN(C(C)(C)C)C[C@H]1CO2. The Kier molecular flexibility index (Phi) is 3.60. The Balaban J connectivity index is 1.87. The van der Waals surface area contributed by atoms with Crippen LogP contribution >= 0.6 is 0 Å². The van der Waals surface area contributed by atoms with Gasteiger partial charge >= 0.3 is 0 Å². The molecule has 0 aromatic heterocycles. The molecule has 21 heavy (non-hydrogen) atoms. The van der Waals surface area contributed by atoms with Gasteiger partial charge in [0.15, 0.2) is 0 Å². The van der Waals surface area contributed by atoms with E-state index in [1.165, 1.54) is 0 Å². The van der Waals surface area contributed by atoms with Gasteiger partial charge in [0.2, 0.25) is 0 Å². The Morgan fingerprint density at radius 1 is 1.29 bits per heavy atom. The third-order valence-electron chi connectivity index (χ3n) is 4.68. The maximum atomic E-state index is 14.1. The number of rotatable bonds is 1. The first-order valence-corrected chi connectivity index (χ1v) is 7.87. The average molecular weight is 292 g/mol. The molecule has 4 heteroatoms. The number of nitrogens with zero attached hydrogens (tertiary/aromatic N) is 2. The van der Waals surface area contributed by atoms with E-state index in [2.05, 4.69) is 30.6 Å².